The predicted molar refractivity (Wildman–Crippen MR) is 106 cm³/mol. The maximum atomic E-state index is 10.3. The van der Waals surface area contributed by atoms with Crippen molar-refractivity contribution >= 4 is 21.8 Å². The third-order valence-corrected chi connectivity index (χ3v) is 4.84. The minimum Gasteiger partial charge on any atom is -0.504 e. The van der Waals surface area contributed by atoms with Gasteiger partial charge in [0.1, 0.15) is 11.5 Å². The Balaban J connectivity index is 2.10. The van der Waals surface area contributed by atoms with Gasteiger partial charge in [0.2, 0.25) is 0 Å². The van der Waals surface area contributed by atoms with Crippen LogP contribution >= 0.6 is 0 Å². The third kappa shape index (κ3) is 2.81. The van der Waals surface area contributed by atoms with E-state index in [0.29, 0.717) is 23.8 Å². The van der Waals surface area contributed by atoms with Crippen LogP contribution < -0.4 is 14.2 Å². The Kier molecular flexibility index (Phi) is 4.28. The molecule has 5 heteroatoms. The number of ether oxygens (including phenoxy) is 3. The molecule has 0 spiro atoms. The monoisotopic (exact) mass is 363 g/mol. The Hall–Kier alpha value is -3.34. The van der Waals surface area contributed by atoms with Crippen LogP contribution in [0, 0.1) is 0 Å². The lowest BCUT2D eigenvalue weighted by molar-refractivity contribution is 0.374. The zero-order valence-electron chi connectivity index (χ0n) is 15.5. The van der Waals surface area contributed by atoms with Crippen molar-refractivity contribution in [2.24, 2.45) is 0 Å². The molecule has 0 atom stereocenters. The average Bonchev–Trinajstić information content (AvgIpc) is 3.00. The van der Waals surface area contributed by atoms with Crippen molar-refractivity contribution in [1.82, 2.24) is 4.57 Å². The number of hydrogen-bond donors (Lipinski definition) is 1. The van der Waals surface area contributed by atoms with Crippen LogP contribution in [0.15, 0.2) is 54.6 Å². The van der Waals surface area contributed by atoms with Crippen molar-refractivity contribution in [2.45, 2.75) is 6.54 Å². The number of benzene rings is 3. The van der Waals surface area contributed by atoms with E-state index in [-0.39, 0.29) is 5.75 Å². The summed E-state index contributed by atoms with van der Waals surface area (Å²) < 4.78 is 18.6. The summed E-state index contributed by atoms with van der Waals surface area (Å²) in [5.41, 5.74) is 3.10. The fraction of sp³-hybridized carbons (Fsp3) is 0.182. The minimum atomic E-state index is 0.0987. The van der Waals surface area contributed by atoms with Gasteiger partial charge in [0.15, 0.2) is 11.5 Å². The molecule has 4 aromatic rings. The number of methoxy groups -OCH3 is 3. The van der Waals surface area contributed by atoms with Gasteiger partial charge in [-0.1, -0.05) is 30.3 Å². The third-order valence-electron chi connectivity index (χ3n) is 4.84. The summed E-state index contributed by atoms with van der Waals surface area (Å²) in [5, 5.41) is 12.2. The molecule has 0 aliphatic carbocycles. The minimum absolute atomic E-state index is 0.0987. The number of aromatic nitrogens is 1. The first-order valence-corrected chi connectivity index (χ1v) is 8.65. The van der Waals surface area contributed by atoms with Crippen LogP contribution in [0.2, 0.25) is 0 Å². The summed E-state index contributed by atoms with van der Waals surface area (Å²) in [6, 6.07) is 17.7. The lowest BCUT2D eigenvalue weighted by Crippen LogP contribution is -2.00. The molecule has 0 aliphatic heterocycles. The fourth-order valence-corrected chi connectivity index (χ4v) is 3.55. The highest BCUT2D eigenvalue weighted by Gasteiger charge is 2.19. The molecule has 1 heterocycles. The zero-order chi connectivity index (χ0) is 19.0. The molecular formula is C22H21NO4. The molecule has 0 bridgehead atoms. The Bertz CT molecular complexity index is 1120. The predicted octanol–water partition coefficient (Wildman–Crippen LogP) is 4.57. The standard InChI is InChI=1S/C22H21NO4/c1-25-15-9-18-22(21(10-15)27-3)16-11-19(24)20(26-2)12-17(16)23(18)13-14-7-5-4-6-8-14/h4-12,24H,13H2,1-3H3. The largest absolute Gasteiger partial charge is 0.504 e. The first-order valence-electron chi connectivity index (χ1n) is 8.65. The second-order valence-corrected chi connectivity index (χ2v) is 6.34. The van der Waals surface area contributed by atoms with Crippen LogP contribution in [-0.2, 0) is 6.54 Å². The van der Waals surface area contributed by atoms with Crippen LogP contribution in [0.25, 0.3) is 21.8 Å². The Morgan fingerprint density at radius 2 is 1.56 bits per heavy atom. The van der Waals surface area contributed by atoms with E-state index in [0.717, 1.165) is 21.8 Å². The van der Waals surface area contributed by atoms with E-state index in [1.165, 1.54) is 5.56 Å². The quantitative estimate of drug-likeness (QED) is 0.564. The maximum absolute atomic E-state index is 10.3. The average molecular weight is 363 g/mol. The molecule has 0 fully saturated rings. The number of fused-ring (bicyclic) bond motifs is 3. The van der Waals surface area contributed by atoms with Crippen molar-refractivity contribution < 1.29 is 19.3 Å². The van der Waals surface area contributed by atoms with E-state index in [1.54, 1.807) is 27.4 Å². The van der Waals surface area contributed by atoms with Gasteiger partial charge in [-0.15, -0.1) is 0 Å². The molecule has 0 saturated heterocycles. The summed E-state index contributed by atoms with van der Waals surface area (Å²) in [4.78, 5) is 0. The SMILES string of the molecule is COc1cc(OC)c2c3cc(O)c(OC)cc3n(Cc3ccccc3)c2c1. The van der Waals surface area contributed by atoms with Crippen LogP contribution in [-0.4, -0.2) is 31.0 Å². The van der Waals surface area contributed by atoms with E-state index in [1.807, 2.05) is 36.4 Å². The number of aromatic hydroxyl groups is 1. The van der Waals surface area contributed by atoms with Gasteiger partial charge >= 0.3 is 0 Å². The van der Waals surface area contributed by atoms with Gasteiger partial charge in [-0.2, -0.15) is 0 Å². The summed E-state index contributed by atoms with van der Waals surface area (Å²) in [7, 11) is 4.83. The molecule has 0 aliphatic rings. The van der Waals surface area contributed by atoms with Crippen LogP contribution in [0.1, 0.15) is 5.56 Å². The van der Waals surface area contributed by atoms with E-state index in [9.17, 15) is 5.11 Å². The first kappa shape index (κ1) is 17.1. The highest BCUT2D eigenvalue weighted by Crippen LogP contribution is 2.42. The summed E-state index contributed by atoms with van der Waals surface area (Å²) in [6.07, 6.45) is 0. The molecule has 1 aromatic heterocycles. The Morgan fingerprint density at radius 1 is 0.815 bits per heavy atom. The van der Waals surface area contributed by atoms with Gasteiger partial charge in [-0.3, -0.25) is 0 Å². The molecule has 138 valence electrons. The molecule has 0 saturated carbocycles. The number of rotatable bonds is 5. The molecule has 4 rings (SSSR count). The van der Waals surface area contributed by atoms with E-state index in [2.05, 4.69) is 16.7 Å². The molecule has 27 heavy (non-hydrogen) atoms. The molecule has 3 aromatic carbocycles. The lowest BCUT2D eigenvalue weighted by Gasteiger charge is -2.10. The van der Waals surface area contributed by atoms with Crippen molar-refractivity contribution in [1.29, 1.82) is 0 Å². The lowest BCUT2D eigenvalue weighted by atomic mass is 10.1. The second kappa shape index (κ2) is 6.76. The van der Waals surface area contributed by atoms with Crippen molar-refractivity contribution in [2.75, 3.05) is 21.3 Å². The molecule has 0 unspecified atom stereocenters. The fourth-order valence-electron chi connectivity index (χ4n) is 3.55. The molecule has 0 amide bonds. The van der Waals surface area contributed by atoms with Crippen molar-refractivity contribution in [3.63, 3.8) is 0 Å². The van der Waals surface area contributed by atoms with Crippen molar-refractivity contribution in [3.8, 4) is 23.0 Å². The summed E-state index contributed by atoms with van der Waals surface area (Å²) in [6.45, 7) is 0.672. The number of nitrogens with zero attached hydrogens (tertiary/aromatic N) is 1. The highest BCUT2D eigenvalue weighted by molar-refractivity contribution is 6.12. The molecule has 1 N–H and O–H groups in total. The van der Waals surface area contributed by atoms with Crippen molar-refractivity contribution in [3.05, 3.63) is 60.2 Å². The van der Waals surface area contributed by atoms with Gasteiger partial charge < -0.3 is 23.9 Å². The molecule has 5 nitrogen and oxygen atoms in total. The van der Waals surface area contributed by atoms with Crippen LogP contribution in [0.3, 0.4) is 0 Å². The molecule has 0 radical (unpaired) electrons. The Labute approximate surface area is 157 Å². The van der Waals surface area contributed by atoms with E-state index in [4.69, 9.17) is 14.2 Å². The van der Waals surface area contributed by atoms with Gasteiger partial charge in [-0.25, -0.2) is 0 Å². The Morgan fingerprint density at radius 3 is 2.22 bits per heavy atom. The number of phenols is 1. The van der Waals surface area contributed by atoms with Gasteiger partial charge in [-0.05, 0) is 11.6 Å². The number of hydrogen-bond acceptors (Lipinski definition) is 4. The van der Waals surface area contributed by atoms with Gasteiger partial charge in [0, 0.05) is 35.5 Å². The topological polar surface area (TPSA) is 52.9 Å². The first-order chi connectivity index (χ1) is 13.2. The summed E-state index contributed by atoms with van der Waals surface area (Å²) >= 11 is 0. The number of phenolic OH excluding ortho intramolecular Hbond substituents is 1. The normalized spacial score (nSPS) is 11.1. The van der Waals surface area contributed by atoms with Crippen LogP contribution in [0.5, 0.6) is 23.0 Å². The highest BCUT2D eigenvalue weighted by atomic mass is 16.5. The maximum Gasteiger partial charge on any atom is 0.162 e. The van der Waals surface area contributed by atoms with E-state index < -0.39 is 0 Å². The second-order valence-electron chi connectivity index (χ2n) is 6.34. The van der Waals surface area contributed by atoms with Gasteiger partial charge in [0.05, 0.1) is 32.4 Å². The molecular weight excluding hydrogens is 342 g/mol. The summed E-state index contributed by atoms with van der Waals surface area (Å²) in [5.74, 6) is 1.95. The van der Waals surface area contributed by atoms with Gasteiger partial charge in [0.25, 0.3) is 0 Å². The van der Waals surface area contributed by atoms with E-state index >= 15 is 0 Å². The van der Waals surface area contributed by atoms with Crippen LogP contribution in [0.4, 0.5) is 0 Å². The smallest absolute Gasteiger partial charge is 0.162 e. The zero-order valence-corrected chi connectivity index (χ0v) is 15.5.